The normalized spacial score (nSPS) is 32.0. The molecule has 3 nitrogen and oxygen atoms in total. The molecule has 0 radical (unpaired) electrons. The van der Waals surface area contributed by atoms with Crippen LogP contribution in [0.15, 0.2) is 12.2 Å². The summed E-state index contributed by atoms with van der Waals surface area (Å²) in [6.07, 6.45) is 6.29. The van der Waals surface area contributed by atoms with Gasteiger partial charge in [-0.3, -0.25) is 4.79 Å². The van der Waals surface area contributed by atoms with Gasteiger partial charge in [0, 0.05) is 18.9 Å². The van der Waals surface area contributed by atoms with Crippen molar-refractivity contribution in [1.29, 1.82) is 0 Å². The zero-order valence-electron chi connectivity index (χ0n) is 8.61. The summed E-state index contributed by atoms with van der Waals surface area (Å²) in [4.78, 5) is 11.2. The molecule has 14 heavy (non-hydrogen) atoms. The number of carbonyl (C=O) groups is 1. The average molecular weight is 198 g/mol. The molecule has 1 rings (SSSR count). The third-order valence-electron chi connectivity index (χ3n) is 2.48. The van der Waals surface area contributed by atoms with E-state index in [1.54, 1.807) is 0 Å². The molecule has 0 saturated carbocycles. The first-order valence-electron chi connectivity index (χ1n) is 5.15. The second-order valence-corrected chi connectivity index (χ2v) is 3.91. The van der Waals surface area contributed by atoms with Crippen LogP contribution in [0, 0.1) is 11.8 Å². The summed E-state index contributed by atoms with van der Waals surface area (Å²) in [6.45, 7) is 2.50. The van der Waals surface area contributed by atoms with Gasteiger partial charge >= 0.3 is 5.97 Å². The van der Waals surface area contributed by atoms with Gasteiger partial charge in [-0.15, -0.1) is 0 Å². The zero-order valence-corrected chi connectivity index (χ0v) is 8.61. The lowest BCUT2D eigenvalue weighted by molar-refractivity contribution is -0.145. The number of carbonyl (C=O) groups excluding carboxylic acids is 1. The van der Waals surface area contributed by atoms with Crippen LogP contribution >= 0.6 is 0 Å². The van der Waals surface area contributed by atoms with Crippen molar-refractivity contribution in [2.24, 2.45) is 11.8 Å². The summed E-state index contributed by atoms with van der Waals surface area (Å²) in [5.74, 6) is 0.325. The number of cyclic esters (lactones) is 1. The molecule has 0 fully saturated rings. The van der Waals surface area contributed by atoms with Gasteiger partial charge < -0.3 is 9.84 Å². The lowest BCUT2D eigenvalue weighted by atomic mass is 10.0. The summed E-state index contributed by atoms with van der Waals surface area (Å²) in [7, 11) is 0. The van der Waals surface area contributed by atoms with E-state index in [0.29, 0.717) is 18.9 Å². The third-order valence-corrected chi connectivity index (χ3v) is 2.48. The molecule has 0 bridgehead atoms. The van der Waals surface area contributed by atoms with Crippen molar-refractivity contribution in [2.75, 3.05) is 13.2 Å². The van der Waals surface area contributed by atoms with Gasteiger partial charge in [-0.1, -0.05) is 19.1 Å². The molecule has 1 aliphatic rings. The van der Waals surface area contributed by atoms with E-state index in [0.717, 1.165) is 12.8 Å². The molecule has 0 spiro atoms. The van der Waals surface area contributed by atoms with E-state index in [1.807, 2.05) is 0 Å². The molecule has 2 unspecified atom stereocenters. The Kier molecular flexibility index (Phi) is 4.66. The highest BCUT2D eigenvalue weighted by Crippen LogP contribution is 2.13. The van der Waals surface area contributed by atoms with Gasteiger partial charge in [0.05, 0.1) is 6.61 Å². The van der Waals surface area contributed by atoms with Gasteiger partial charge in [-0.2, -0.15) is 0 Å². The van der Waals surface area contributed by atoms with Gasteiger partial charge in [-0.05, 0) is 18.8 Å². The van der Waals surface area contributed by atoms with Crippen LogP contribution in [0.5, 0.6) is 0 Å². The molecule has 80 valence electrons. The lowest BCUT2D eigenvalue weighted by Crippen LogP contribution is -2.18. The molecule has 2 atom stereocenters. The first kappa shape index (κ1) is 11.2. The molecule has 0 aliphatic carbocycles. The molecule has 3 heteroatoms. The van der Waals surface area contributed by atoms with Crippen LogP contribution in [0.4, 0.5) is 0 Å². The molecule has 1 heterocycles. The highest BCUT2D eigenvalue weighted by Gasteiger charge is 2.12. The Morgan fingerprint density at radius 1 is 1.64 bits per heavy atom. The first-order chi connectivity index (χ1) is 6.72. The monoisotopic (exact) mass is 198 g/mol. The Morgan fingerprint density at radius 3 is 3.14 bits per heavy atom. The molecule has 1 aliphatic heterocycles. The predicted molar refractivity (Wildman–Crippen MR) is 53.7 cm³/mol. The van der Waals surface area contributed by atoms with Gasteiger partial charge in [-0.25, -0.2) is 0 Å². The van der Waals surface area contributed by atoms with E-state index >= 15 is 0 Å². The van der Waals surface area contributed by atoms with Crippen molar-refractivity contribution in [3.63, 3.8) is 0 Å². The maximum atomic E-state index is 11.2. The molecule has 1 N–H and O–H groups in total. The van der Waals surface area contributed by atoms with Crippen LogP contribution in [-0.4, -0.2) is 24.3 Å². The van der Waals surface area contributed by atoms with E-state index in [-0.39, 0.29) is 18.5 Å². The molecule has 0 aromatic carbocycles. The minimum Gasteiger partial charge on any atom is -0.465 e. The van der Waals surface area contributed by atoms with Crippen LogP contribution < -0.4 is 0 Å². The van der Waals surface area contributed by atoms with Crippen molar-refractivity contribution < 1.29 is 14.6 Å². The topological polar surface area (TPSA) is 46.5 Å². The molecular weight excluding hydrogens is 180 g/mol. The minimum atomic E-state index is -0.148. The van der Waals surface area contributed by atoms with Crippen molar-refractivity contribution in [3.8, 4) is 0 Å². The van der Waals surface area contributed by atoms with Gasteiger partial charge in [0.15, 0.2) is 0 Å². The van der Waals surface area contributed by atoms with Crippen LogP contribution in [0.25, 0.3) is 0 Å². The summed E-state index contributed by atoms with van der Waals surface area (Å²) < 4.78 is 5.04. The molecular formula is C11H18O3. The van der Waals surface area contributed by atoms with Crippen molar-refractivity contribution in [2.45, 2.75) is 26.2 Å². The Hall–Kier alpha value is -0.830. The lowest BCUT2D eigenvalue weighted by Gasteiger charge is -2.15. The largest absolute Gasteiger partial charge is 0.465 e. The summed E-state index contributed by atoms with van der Waals surface area (Å²) in [5.41, 5.74) is 0. The molecule has 0 saturated heterocycles. The quantitative estimate of drug-likeness (QED) is 0.513. The number of rotatable bonds is 1. The smallest absolute Gasteiger partial charge is 0.305 e. The Morgan fingerprint density at radius 2 is 2.43 bits per heavy atom. The van der Waals surface area contributed by atoms with Crippen molar-refractivity contribution in [1.82, 2.24) is 0 Å². The Bertz CT molecular complexity index is 211. The summed E-state index contributed by atoms with van der Waals surface area (Å²) >= 11 is 0. The number of aliphatic hydroxyl groups is 1. The summed E-state index contributed by atoms with van der Waals surface area (Å²) in [6, 6.07) is 0. The second kappa shape index (κ2) is 5.81. The number of esters is 1. The Balaban J connectivity index is 2.52. The van der Waals surface area contributed by atoms with Crippen LogP contribution in [0.1, 0.15) is 26.2 Å². The fraction of sp³-hybridized carbons (Fsp3) is 0.727. The highest BCUT2D eigenvalue weighted by molar-refractivity contribution is 5.69. The SMILES string of the molecule is CC1/C=C/CC(CO)COC(=O)CC1. The summed E-state index contributed by atoms with van der Waals surface area (Å²) in [5, 5.41) is 9.00. The van der Waals surface area contributed by atoms with Gasteiger partial charge in [0.1, 0.15) is 0 Å². The van der Waals surface area contributed by atoms with Crippen molar-refractivity contribution >= 4 is 5.97 Å². The number of allylic oxidation sites excluding steroid dienone is 2. The molecule has 0 aromatic heterocycles. The zero-order chi connectivity index (χ0) is 10.4. The van der Waals surface area contributed by atoms with Gasteiger partial charge in [0.25, 0.3) is 0 Å². The fourth-order valence-electron chi connectivity index (χ4n) is 1.42. The van der Waals surface area contributed by atoms with E-state index in [4.69, 9.17) is 9.84 Å². The van der Waals surface area contributed by atoms with E-state index in [1.165, 1.54) is 0 Å². The second-order valence-electron chi connectivity index (χ2n) is 3.91. The van der Waals surface area contributed by atoms with Crippen molar-refractivity contribution in [3.05, 3.63) is 12.2 Å². The third kappa shape index (κ3) is 3.92. The minimum absolute atomic E-state index is 0.0560. The van der Waals surface area contributed by atoms with E-state index < -0.39 is 0 Å². The number of hydrogen-bond donors (Lipinski definition) is 1. The van der Waals surface area contributed by atoms with Crippen LogP contribution in [-0.2, 0) is 9.53 Å². The van der Waals surface area contributed by atoms with E-state index in [9.17, 15) is 4.79 Å². The average Bonchev–Trinajstić information content (AvgIpc) is 2.19. The standard InChI is InChI=1S/C11H18O3/c1-9-3-2-4-10(7-12)8-14-11(13)6-5-9/h2-3,9-10,12H,4-8H2,1H3/b3-2+. The molecule has 0 aromatic rings. The van der Waals surface area contributed by atoms with E-state index in [2.05, 4.69) is 19.1 Å². The van der Waals surface area contributed by atoms with Crippen LogP contribution in [0.3, 0.4) is 0 Å². The van der Waals surface area contributed by atoms with Crippen LogP contribution in [0.2, 0.25) is 0 Å². The highest BCUT2D eigenvalue weighted by atomic mass is 16.5. The van der Waals surface area contributed by atoms with Gasteiger partial charge in [0.2, 0.25) is 0 Å². The number of ether oxygens (including phenoxy) is 1. The maximum absolute atomic E-state index is 11.2. The maximum Gasteiger partial charge on any atom is 0.305 e. The number of hydrogen-bond acceptors (Lipinski definition) is 3. The predicted octanol–water partition coefficient (Wildman–Crippen LogP) is 1.51. The molecule has 0 amide bonds. The Labute approximate surface area is 84.8 Å². The first-order valence-corrected chi connectivity index (χ1v) is 5.15. The number of aliphatic hydroxyl groups excluding tert-OH is 1. The fourth-order valence-corrected chi connectivity index (χ4v) is 1.42.